The summed E-state index contributed by atoms with van der Waals surface area (Å²) in [4.78, 5) is 27.6. The number of H-pyrrole nitrogens is 2. The molecule has 0 saturated carbocycles. The molecule has 126 valence electrons. The van der Waals surface area contributed by atoms with Gasteiger partial charge in [-0.1, -0.05) is 12.1 Å². The lowest BCUT2D eigenvalue weighted by atomic mass is 10.2. The van der Waals surface area contributed by atoms with Gasteiger partial charge in [0.1, 0.15) is 11.6 Å². The molecular weight excluding hydrogens is 314 g/mol. The first-order valence-corrected chi connectivity index (χ1v) is 8.37. The SMILES string of the molecule is Cc1nc2ccc(C(=O)NCCCc3nc4ccccc4[nH]3)cc2[nH]1. The Kier molecular flexibility index (Phi) is 3.93. The quantitative estimate of drug-likeness (QED) is 0.490. The van der Waals surface area contributed by atoms with Gasteiger partial charge in [0.05, 0.1) is 22.1 Å². The topological polar surface area (TPSA) is 86.5 Å². The molecule has 0 spiro atoms. The van der Waals surface area contributed by atoms with Crippen molar-refractivity contribution in [3.05, 3.63) is 59.7 Å². The second-order valence-corrected chi connectivity index (χ2v) is 6.11. The molecule has 2 heterocycles. The maximum absolute atomic E-state index is 12.3. The third-order valence-electron chi connectivity index (χ3n) is 4.18. The number of benzene rings is 2. The first-order chi connectivity index (χ1) is 12.2. The van der Waals surface area contributed by atoms with E-state index in [1.165, 1.54) is 0 Å². The molecular formula is C19H19N5O. The lowest BCUT2D eigenvalue weighted by Crippen LogP contribution is -2.24. The molecule has 0 atom stereocenters. The van der Waals surface area contributed by atoms with Crippen LogP contribution in [0.4, 0.5) is 0 Å². The molecule has 0 saturated heterocycles. The van der Waals surface area contributed by atoms with Gasteiger partial charge in [-0.05, 0) is 43.7 Å². The Labute approximate surface area is 144 Å². The van der Waals surface area contributed by atoms with E-state index in [1.807, 2.05) is 43.3 Å². The summed E-state index contributed by atoms with van der Waals surface area (Å²) in [5, 5.41) is 2.96. The van der Waals surface area contributed by atoms with E-state index in [9.17, 15) is 4.79 Å². The largest absolute Gasteiger partial charge is 0.352 e. The van der Waals surface area contributed by atoms with Crippen LogP contribution in [0.1, 0.15) is 28.4 Å². The number of carbonyl (C=O) groups is 1. The van der Waals surface area contributed by atoms with E-state index < -0.39 is 0 Å². The Morgan fingerprint density at radius 3 is 2.76 bits per heavy atom. The van der Waals surface area contributed by atoms with Crippen LogP contribution in [0.15, 0.2) is 42.5 Å². The highest BCUT2D eigenvalue weighted by atomic mass is 16.1. The molecule has 2 aromatic heterocycles. The Morgan fingerprint density at radius 2 is 1.88 bits per heavy atom. The summed E-state index contributed by atoms with van der Waals surface area (Å²) in [5.74, 6) is 1.72. The summed E-state index contributed by atoms with van der Waals surface area (Å²) in [6.45, 7) is 2.51. The highest BCUT2D eigenvalue weighted by Gasteiger charge is 2.08. The molecule has 2 aromatic carbocycles. The van der Waals surface area contributed by atoms with Gasteiger partial charge in [-0.25, -0.2) is 9.97 Å². The van der Waals surface area contributed by atoms with Crippen molar-refractivity contribution in [2.24, 2.45) is 0 Å². The molecule has 1 amide bonds. The molecule has 4 aromatic rings. The van der Waals surface area contributed by atoms with Crippen molar-refractivity contribution in [2.75, 3.05) is 6.54 Å². The molecule has 3 N–H and O–H groups in total. The van der Waals surface area contributed by atoms with Crippen LogP contribution in [-0.2, 0) is 6.42 Å². The summed E-state index contributed by atoms with van der Waals surface area (Å²) in [7, 11) is 0. The fraction of sp³-hybridized carbons (Fsp3) is 0.211. The number of aromatic nitrogens is 4. The standard InChI is InChI=1S/C19H19N5O/c1-12-21-16-9-8-13(11-17(16)22-12)19(25)20-10-4-7-18-23-14-5-2-3-6-15(14)24-18/h2-3,5-6,8-9,11H,4,7,10H2,1H3,(H,20,25)(H,21,22)(H,23,24). The lowest BCUT2D eigenvalue weighted by Gasteiger charge is -2.04. The predicted octanol–water partition coefficient (Wildman–Crippen LogP) is 3.11. The molecule has 0 fully saturated rings. The van der Waals surface area contributed by atoms with Crippen LogP contribution in [0, 0.1) is 6.92 Å². The van der Waals surface area contributed by atoms with Crippen molar-refractivity contribution in [2.45, 2.75) is 19.8 Å². The maximum Gasteiger partial charge on any atom is 0.251 e. The van der Waals surface area contributed by atoms with E-state index in [-0.39, 0.29) is 5.91 Å². The Hall–Kier alpha value is -3.15. The third-order valence-corrected chi connectivity index (χ3v) is 4.18. The van der Waals surface area contributed by atoms with Crippen molar-refractivity contribution in [3.8, 4) is 0 Å². The minimum Gasteiger partial charge on any atom is -0.352 e. The second kappa shape index (κ2) is 6.39. The van der Waals surface area contributed by atoms with E-state index in [0.717, 1.165) is 46.6 Å². The predicted molar refractivity (Wildman–Crippen MR) is 97.6 cm³/mol. The number of imidazole rings is 2. The van der Waals surface area contributed by atoms with Crippen LogP contribution in [0.2, 0.25) is 0 Å². The van der Waals surface area contributed by atoms with Crippen molar-refractivity contribution < 1.29 is 4.79 Å². The van der Waals surface area contributed by atoms with E-state index in [0.29, 0.717) is 12.1 Å². The van der Waals surface area contributed by atoms with E-state index >= 15 is 0 Å². The molecule has 0 aliphatic carbocycles. The number of amides is 1. The summed E-state index contributed by atoms with van der Waals surface area (Å²) in [6, 6.07) is 13.5. The Bertz CT molecular complexity index is 1010. The number of rotatable bonds is 5. The molecule has 0 bridgehead atoms. The number of para-hydroxylation sites is 2. The zero-order chi connectivity index (χ0) is 17.2. The third kappa shape index (κ3) is 3.24. The van der Waals surface area contributed by atoms with Crippen LogP contribution < -0.4 is 5.32 Å². The minimum absolute atomic E-state index is 0.0706. The van der Waals surface area contributed by atoms with Crippen molar-refractivity contribution in [1.29, 1.82) is 0 Å². The van der Waals surface area contributed by atoms with Crippen LogP contribution in [0.3, 0.4) is 0 Å². The Morgan fingerprint density at radius 1 is 1.04 bits per heavy atom. The second-order valence-electron chi connectivity index (χ2n) is 6.11. The minimum atomic E-state index is -0.0706. The van der Waals surface area contributed by atoms with Gasteiger partial charge in [-0.3, -0.25) is 4.79 Å². The van der Waals surface area contributed by atoms with Crippen LogP contribution in [-0.4, -0.2) is 32.4 Å². The first-order valence-electron chi connectivity index (χ1n) is 8.37. The van der Waals surface area contributed by atoms with Gasteiger partial charge in [-0.2, -0.15) is 0 Å². The van der Waals surface area contributed by atoms with Crippen LogP contribution in [0.25, 0.3) is 22.1 Å². The van der Waals surface area contributed by atoms with Crippen molar-refractivity contribution in [1.82, 2.24) is 25.3 Å². The molecule has 0 radical (unpaired) electrons. The average Bonchev–Trinajstić information content (AvgIpc) is 3.19. The van der Waals surface area contributed by atoms with Gasteiger partial charge in [-0.15, -0.1) is 0 Å². The monoisotopic (exact) mass is 333 g/mol. The number of hydrogen-bond donors (Lipinski definition) is 3. The van der Waals surface area contributed by atoms with E-state index in [2.05, 4.69) is 25.3 Å². The zero-order valence-electron chi connectivity index (χ0n) is 14.0. The number of nitrogens with one attached hydrogen (secondary N) is 3. The normalized spacial score (nSPS) is 11.2. The molecule has 6 heteroatoms. The number of carbonyl (C=O) groups excluding carboxylic acids is 1. The Balaban J connectivity index is 1.33. The van der Waals surface area contributed by atoms with Crippen LogP contribution in [0.5, 0.6) is 0 Å². The molecule has 4 rings (SSSR count). The van der Waals surface area contributed by atoms with Gasteiger partial charge < -0.3 is 15.3 Å². The molecule has 0 unspecified atom stereocenters. The van der Waals surface area contributed by atoms with Crippen LogP contribution >= 0.6 is 0 Å². The number of hydrogen-bond acceptors (Lipinski definition) is 3. The average molecular weight is 333 g/mol. The molecule has 6 nitrogen and oxygen atoms in total. The summed E-state index contributed by atoms with van der Waals surface area (Å²) in [6.07, 6.45) is 1.63. The fourth-order valence-corrected chi connectivity index (χ4v) is 2.96. The smallest absolute Gasteiger partial charge is 0.251 e. The van der Waals surface area contributed by atoms with Gasteiger partial charge in [0, 0.05) is 18.5 Å². The highest BCUT2D eigenvalue weighted by molar-refractivity contribution is 5.97. The lowest BCUT2D eigenvalue weighted by molar-refractivity contribution is 0.0953. The number of fused-ring (bicyclic) bond motifs is 2. The first kappa shape index (κ1) is 15.4. The molecule has 0 aliphatic heterocycles. The van der Waals surface area contributed by atoms with Gasteiger partial charge in [0.25, 0.3) is 5.91 Å². The van der Waals surface area contributed by atoms with E-state index in [4.69, 9.17) is 0 Å². The summed E-state index contributed by atoms with van der Waals surface area (Å²) in [5.41, 5.74) is 4.42. The van der Waals surface area contributed by atoms with Gasteiger partial charge in [0.15, 0.2) is 0 Å². The molecule has 25 heavy (non-hydrogen) atoms. The fourth-order valence-electron chi connectivity index (χ4n) is 2.96. The van der Waals surface area contributed by atoms with E-state index in [1.54, 1.807) is 6.07 Å². The summed E-state index contributed by atoms with van der Waals surface area (Å²) < 4.78 is 0. The van der Waals surface area contributed by atoms with Gasteiger partial charge in [0.2, 0.25) is 0 Å². The van der Waals surface area contributed by atoms with Crippen molar-refractivity contribution in [3.63, 3.8) is 0 Å². The van der Waals surface area contributed by atoms with Gasteiger partial charge >= 0.3 is 0 Å². The highest BCUT2D eigenvalue weighted by Crippen LogP contribution is 2.14. The number of aromatic amines is 2. The zero-order valence-corrected chi connectivity index (χ0v) is 14.0. The maximum atomic E-state index is 12.3. The number of aryl methyl sites for hydroxylation is 2. The van der Waals surface area contributed by atoms with Crippen molar-refractivity contribution >= 4 is 28.0 Å². The number of nitrogens with zero attached hydrogens (tertiary/aromatic N) is 2. The molecule has 0 aliphatic rings. The summed E-state index contributed by atoms with van der Waals surface area (Å²) >= 11 is 0.